The number of hydrogen-bond donors (Lipinski definition) is 1. The lowest BCUT2D eigenvalue weighted by Crippen LogP contribution is -2.13. The van der Waals surface area contributed by atoms with Gasteiger partial charge >= 0.3 is 0 Å². The number of aromatic nitrogens is 4. The second-order valence-electron chi connectivity index (χ2n) is 6.29. The summed E-state index contributed by atoms with van der Waals surface area (Å²) >= 11 is 0. The van der Waals surface area contributed by atoms with Gasteiger partial charge in [0.1, 0.15) is 5.82 Å². The van der Waals surface area contributed by atoms with E-state index in [1.807, 2.05) is 28.8 Å². The molecule has 1 aliphatic carbocycles. The summed E-state index contributed by atoms with van der Waals surface area (Å²) in [7, 11) is 0. The van der Waals surface area contributed by atoms with Crippen LogP contribution in [0.15, 0.2) is 55.1 Å². The molecule has 1 atom stereocenters. The summed E-state index contributed by atoms with van der Waals surface area (Å²) in [4.78, 5) is 0. The number of nitrogens with one attached hydrogen (secondary N) is 1. The molecule has 5 nitrogen and oxygen atoms in total. The lowest BCUT2D eigenvalue weighted by molar-refractivity contribution is 0.695. The number of benzene rings is 1. The first kappa shape index (κ1) is 14.9. The van der Waals surface area contributed by atoms with Crippen LogP contribution in [0.25, 0.3) is 5.65 Å². The van der Waals surface area contributed by atoms with Gasteiger partial charge in [0.15, 0.2) is 11.5 Å². The molecule has 4 rings (SSSR count). The Bertz CT molecular complexity index is 835. The zero-order valence-corrected chi connectivity index (χ0v) is 13.6. The van der Waals surface area contributed by atoms with Crippen molar-refractivity contribution in [1.82, 2.24) is 19.8 Å². The van der Waals surface area contributed by atoms with Crippen molar-refractivity contribution < 1.29 is 0 Å². The topological polar surface area (TPSA) is 55.1 Å². The van der Waals surface area contributed by atoms with E-state index in [4.69, 9.17) is 5.10 Å². The van der Waals surface area contributed by atoms with Crippen molar-refractivity contribution in [3.63, 3.8) is 0 Å². The molecule has 1 saturated carbocycles. The van der Waals surface area contributed by atoms with E-state index in [2.05, 4.69) is 46.4 Å². The van der Waals surface area contributed by atoms with Gasteiger partial charge in [0.2, 0.25) is 0 Å². The average molecular weight is 319 g/mol. The largest absolute Gasteiger partial charge is 0.362 e. The molecule has 2 heterocycles. The molecule has 1 aliphatic rings. The van der Waals surface area contributed by atoms with Gasteiger partial charge in [-0.3, -0.25) is 0 Å². The molecule has 0 aliphatic heterocycles. The molecule has 2 aromatic heterocycles. The lowest BCUT2D eigenvalue weighted by atomic mass is 10.0. The maximum absolute atomic E-state index is 4.72. The summed E-state index contributed by atoms with van der Waals surface area (Å²) < 4.78 is 1.88. The minimum Gasteiger partial charge on any atom is -0.362 e. The molecule has 0 bridgehead atoms. The van der Waals surface area contributed by atoms with Crippen LogP contribution in [0.1, 0.15) is 49.0 Å². The minimum atomic E-state index is 0.204. The van der Waals surface area contributed by atoms with Crippen LogP contribution in [0.5, 0.6) is 0 Å². The normalized spacial score (nSPS) is 15.3. The summed E-state index contributed by atoms with van der Waals surface area (Å²) in [5.74, 6) is 2.35. The smallest absolute Gasteiger partial charge is 0.178 e. The van der Waals surface area contributed by atoms with E-state index in [0.29, 0.717) is 5.92 Å². The summed E-state index contributed by atoms with van der Waals surface area (Å²) in [6, 6.07) is 14.6. The van der Waals surface area contributed by atoms with Gasteiger partial charge in [-0.05, 0) is 43.4 Å². The summed E-state index contributed by atoms with van der Waals surface area (Å²) in [6.45, 7) is 3.84. The Labute approximate surface area is 141 Å². The molecule has 1 aromatic carbocycles. The fraction of sp³-hybridized carbons (Fsp3) is 0.316. The van der Waals surface area contributed by atoms with Gasteiger partial charge < -0.3 is 5.32 Å². The van der Waals surface area contributed by atoms with E-state index in [1.54, 1.807) is 0 Å². The van der Waals surface area contributed by atoms with Crippen molar-refractivity contribution >= 4 is 11.5 Å². The van der Waals surface area contributed by atoms with Gasteiger partial charge in [-0.1, -0.05) is 36.4 Å². The molecule has 1 fully saturated rings. The average Bonchev–Trinajstić information content (AvgIpc) is 3.39. The van der Waals surface area contributed by atoms with Crippen LogP contribution in [-0.2, 0) is 0 Å². The highest BCUT2D eigenvalue weighted by Crippen LogP contribution is 2.38. The van der Waals surface area contributed by atoms with Crippen molar-refractivity contribution in [2.75, 3.05) is 5.32 Å². The van der Waals surface area contributed by atoms with Crippen LogP contribution in [0, 0.1) is 0 Å². The van der Waals surface area contributed by atoms with Gasteiger partial charge in [0.05, 0.1) is 6.04 Å². The van der Waals surface area contributed by atoms with Crippen molar-refractivity contribution in [2.24, 2.45) is 0 Å². The quantitative estimate of drug-likeness (QED) is 0.666. The van der Waals surface area contributed by atoms with Crippen molar-refractivity contribution in [3.05, 3.63) is 66.5 Å². The van der Waals surface area contributed by atoms with E-state index < -0.39 is 0 Å². The maximum atomic E-state index is 4.72. The Morgan fingerprint density at radius 2 is 2.00 bits per heavy atom. The zero-order chi connectivity index (χ0) is 16.4. The van der Waals surface area contributed by atoms with Crippen molar-refractivity contribution in [1.29, 1.82) is 0 Å². The summed E-state index contributed by atoms with van der Waals surface area (Å²) in [5.41, 5.74) is 2.07. The first-order valence-electron chi connectivity index (χ1n) is 8.50. The van der Waals surface area contributed by atoms with E-state index >= 15 is 0 Å². The van der Waals surface area contributed by atoms with Gasteiger partial charge in [0.25, 0.3) is 0 Å². The molecular weight excluding hydrogens is 298 g/mol. The standard InChI is InChI=1S/C19H21N5/c1-2-3-9-16(14-7-5-4-6-8-14)20-17-12-13-18-21-22-19(15-10-11-15)24(18)23-17/h2,4-8,12-13,15-16H,1,3,9-11H2,(H,20,23). The predicted molar refractivity (Wildman–Crippen MR) is 95.0 cm³/mol. The van der Waals surface area contributed by atoms with Crippen LogP contribution >= 0.6 is 0 Å². The van der Waals surface area contributed by atoms with Gasteiger partial charge in [-0.2, -0.15) is 4.52 Å². The molecule has 5 heteroatoms. The fourth-order valence-corrected chi connectivity index (χ4v) is 2.95. The third-order valence-electron chi connectivity index (χ3n) is 4.41. The predicted octanol–water partition coefficient (Wildman–Crippen LogP) is 4.12. The Kier molecular flexibility index (Phi) is 3.99. The van der Waals surface area contributed by atoms with E-state index in [-0.39, 0.29) is 6.04 Å². The van der Waals surface area contributed by atoms with E-state index in [9.17, 15) is 0 Å². The number of fused-ring (bicyclic) bond motifs is 1. The second kappa shape index (κ2) is 6.43. The van der Waals surface area contributed by atoms with Gasteiger partial charge in [-0.25, -0.2) is 0 Å². The third-order valence-corrected chi connectivity index (χ3v) is 4.41. The molecule has 0 radical (unpaired) electrons. The van der Waals surface area contributed by atoms with Crippen LogP contribution in [0.4, 0.5) is 5.82 Å². The first-order chi connectivity index (χ1) is 11.8. The summed E-state index contributed by atoms with van der Waals surface area (Å²) in [5, 5.41) is 16.8. The number of hydrogen-bond acceptors (Lipinski definition) is 4. The SMILES string of the molecule is C=CCCC(Nc1ccc2nnc(C3CC3)n2n1)c1ccccc1. The first-order valence-corrected chi connectivity index (χ1v) is 8.50. The van der Waals surface area contributed by atoms with E-state index in [1.165, 1.54) is 18.4 Å². The molecule has 0 amide bonds. The fourth-order valence-electron chi connectivity index (χ4n) is 2.95. The number of anilines is 1. The molecule has 0 spiro atoms. The Morgan fingerprint density at radius 1 is 1.17 bits per heavy atom. The highest BCUT2D eigenvalue weighted by molar-refractivity contribution is 5.46. The molecule has 1 unspecified atom stereocenters. The molecule has 0 saturated heterocycles. The Balaban J connectivity index is 1.62. The number of allylic oxidation sites excluding steroid dienone is 1. The number of rotatable bonds is 7. The minimum absolute atomic E-state index is 0.204. The third kappa shape index (κ3) is 3.02. The van der Waals surface area contributed by atoms with Crippen LogP contribution in [0.2, 0.25) is 0 Å². The van der Waals surface area contributed by atoms with E-state index in [0.717, 1.165) is 30.1 Å². The molecule has 122 valence electrons. The van der Waals surface area contributed by atoms with Gasteiger partial charge in [0, 0.05) is 5.92 Å². The molecule has 24 heavy (non-hydrogen) atoms. The monoisotopic (exact) mass is 319 g/mol. The van der Waals surface area contributed by atoms with Crippen molar-refractivity contribution in [3.8, 4) is 0 Å². The second-order valence-corrected chi connectivity index (χ2v) is 6.29. The molecular formula is C19H21N5. The Hall–Kier alpha value is -2.69. The number of nitrogens with zero attached hydrogens (tertiary/aromatic N) is 4. The Morgan fingerprint density at radius 3 is 2.75 bits per heavy atom. The zero-order valence-electron chi connectivity index (χ0n) is 13.6. The van der Waals surface area contributed by atoms with Crippen LogP contribution < -0.4 is 5.32 Å². The van der Waals surface area contributed by atoms with Crippen LogP contribution in [-0.4, -0.2) is 19.8 Å². The molecule has 3 aromatic rings. The van der Waals surface area contributed by atoms with Crippen LogP contribution in [0.3, 0.4) is 0 Å². The highest BCUT2D eigenvalue weighted by atomic mass is 15.4. The lowest BCUT2D eigenvalue weighted by Gasteiger charge is -2.19. The van der Waals surface area contributed by atoms with Gasteiger partial charge in [-0.15, -0.1) is 21.9 Å². The highest BCUT2D eigenvalue weighted by Gasteiger charge is 2.29. The molecule has 1 N–H and O–H groups in total. The summed E-state index contributed by atoms with van der Waals surface area (Å²) in [6.07, 6.45) is 6.26. The maximum Gasteiger partial charge on any atom is 0.178 e. The van der Waals surface area contributed by atoms with Crippen molar-refractivity contribution in [2.45, 2.75) is 37.6 Å².